The number of likely N-dealkylation sites (N-methyl/N-ethyl adjacent to an activating group) is 1. The number of aryl methyl sites for hydroxylation is 1. The van der Waals surface area contributed by atoms with E-state index < -0.39 is 0 Å². The Labute approximate surface area is 169 Å². The third-order valence-corrected chi connectivity index (χ3v) is 5.28. The Morgan fingerprint density at radius 1 is 1.29 bits per heavy atom. The Morgan fingerprint density at radius 3 is 2.71 bits per heavy atom. The SMILES string of the molecule is CCN(CC)CCn1c(NC(=O)CCc2c(C)noc2Cl)nc2ccccc21. The van der Waals surface area contributed by atoms with Crippen LogP contribution in [-0.2, 0) is 17.8 Å². The molecule has 150 valence electrons. The molecule has 3 aromatic rings. The number of para-hydroxylation sites is 2. The van der Waals surface area contributed by atoms with E-state index >= 15 is 0 Å². The van der Waals surface area contributed by atoms with Gasteiger partial charge in [0.25, 0.3) is 0 Å². The molecule has 0 saturated heterocycles. The van der Waals surface area contributed by atoms with Gasteiger partial charge in [0.2, 0.25) is 17.1 Å². The number of hydrogen-bond acceptors (Lipinski definition) is 5. The number of benzene rings is 1. The number of carbonyl (C=O) groups is 1. The quantitative estimate of drug-likeness (QED) is 0.586. The summed E-state index contributed by atoms with van der Waals surface area (Å²) in [6.07, 6.45) is 0.751. The predicted molar refractivity (Wildman–Crippen MR) is 111 cm³/mol. The van der Waals surface area contributed by atoms with Crippen LogP contribution < -0.4 is 5.32 Å². The van der Waals surface area contributed by atoms with Gasteiger partial charge in [0.1, 0.15) is 0 Å². The minimum atomic E-state index is -0.115. The molecular formula is C20H26ClN5O2. The zero-order valence-corrected chi connectivity index (χ0v) is 17.3. The van der Waals surface area contributed by atoms with Gasteiger partial charge in [-0.15, -0.1) is 0 Å². The van der Waals surface area contributed by atoms with E-state index in [2.05, 4.69) is 38.8 Å². The standard InChI is InChI=1S/C20H26ClN5O2/c1-4-25(5-2)12-13-26-17-9-7-6-8-16(17)22-20(26)23-18(27)11-10-15-14(3)24-28-19(15)21/h6-9H,4-5,10-13H2,1-3H3,(H,22,23,27). The highest BCUT2D eigenvalue weighted by atomic mass is 35.5. The summed E-state index contributed by atoms with van der Waals surface area (Å²) in [4.78, 5) is 19.5. The van der Waals surface area contributed by atoms with Gasteiger partial charge in [0.15, 0.2) is 0 Å². The van der Waals surface area contributed by atoms with E-state index in [1.807, 2.05) is 31.2 Å². The lowest BCUT2D eigenvalue weighted by Crippen LogP contribution is -2.27. The number of carbonyl (C=O) groups excluding carboxylic acids is 1. The van der Waals surface area contributed by atoms with Crippen molar-refractivity contribution in [2.45, 2.75) is 40.2 Å². The van der Waals surface area contributed by atoms with E-state index in [-0.39, 0.29) is 17.5 Å². The second-order valence-electron chi connectivity index (χ2n) is 6.67. The number of nitrogens with one attached hydrogen (secondary N) is 1. The highest BCUT2D eigenvalue weighted by Crippen LogP contribution is 2.22. The van der Waals surface area contributed by atoms with Gasteiger partial charge >= 0.3 is 0 Å². The highest BCUT2D eigenvalue weighted by molar-refractivity contribution is 6.29. The molecule has 0 fully saturated rings. The van der Waals surface area contributed by atoms with Crippen LogP contribution in [0.5, 0.6) is 0 Å². The molecular weight excluding hydrogens is 378 g/mol. The molecule has 0 radical (unpaired) electrons. The van der Waals surface area contributed by atoms with Crippen LogP contribution in [0.15, 0.2) is 28.8 Å². The van der Waals surface area contributed by atoms with Crippen LogP contribution in [0.25, 0.3) is 11.0 Å². The number of hydrogen-bond donors (Lipinski definition) is 1. The zero-order valence-electron chi connectivity index (χ0n) is 16.5. The number of anilines is 1. The average molecular weight is 404 g/mol. The monoisotopic (exact) mass is 403 g/mol. The fourth-order valence-electron chi connectivity index (χ4n) is 3.24. The summed E-state index contributed by atoms with van der Waals surface area (Å²) in [6.45, 7) is 9.74. The van der Waals surface area contributed by atoms with E-state index in [0.717, 1.165) is 42.8 Å². The molecule has 0 saturated carbocycles. The summed E-state index contributed by atoms with van der Waals surface area (Å²) in [5.41, 5.74) is 3.37. The largest absolute Gasteiger partial charge is 0.344 e. The van der Waals surface area contributed by atoms with E-state index in [9.17, 15) is 4.79 Å². The molecule has 1 aromatic carbocycles. The van der Waals surface area contributed by atoms with Gasteiger partial charge in [0, 0.05) is 25.1 Å². The van der Waals surface area contributed by atoms with Gasteiger partial charge in [-0.1, -0.05) is 31.1 Å². The van der Waals surface area contributed by atoms with Crippen molar-refractivity contribution in [3.8, 4) is 0 Å². The molecule has 1 amide bonds. The molecule has 0 spiro atoms. The van der Waals surface area contributed by atoms with Crippen LogP contribution in [0.4, 0.5) is 5.95 Å². The van der Waals surface area contributed by atoms with E-state index in [0.29, 0.717) is 18.1 Å². The Bertz CT molecular complexity index is 926. The molecule has 3 rings (SSSR count). The van der Waals surface area contributed by atoms with Crippen molar-refractivity contribution in [1.82, 2.24) is 19.6 Å². The Hall–Kier alpha value is -2.38. The number of fused-ring (bicyclic) bond motifs is 1. The van der Waals surface area contributed by atoms with Crippen LogP contribution in [0, 0.1) is 6.92 Å². The first-order valence-electron chi connectivity index (χ1n) is 9.61. The number of rotatable bonds is 9. The molecule has 1 N–H and O–H groups in total. The number of amides is 1. The number of nitrogens with zero attached hydrogens (tertiary/aromatic N) is 4. The van der Waals surface area contributed by atoms with Gasteiger partial charge < -0.3 is 14.0 Å². The molecule has 28 heavy (non-hydrogen) atoms. The molecule has 7 nitrogen and oxygen atoms in total. The molecule has 0 aliphatic heterocycles. The summed E-state index contributed by atoms with van der Waals surface area (Å²) < 4.78 is 7.02. The first kappa shape index (κ1) is 20.4. The van der Waals surface area contributed by atoms with E-state index in [4.69, 9.17) is 16.1 Å². The van der Waals surface area contributed by atoms with Crippen molar-refractivity contribution >= 4 is 34.5 Å². The smallest absolute Gasteiger partial charge is 0.229 e. The molecule has 0 unspecified atom stereocenters. The molecule has 0 atom stereocenters. The normalized spacial score (nSPS) is 11.5. The van der Waals surface area contributed by atoms with Crippen molar-refractivity contribution < 1.29 is 9.32 Å². The summed E-state index contributed by atoms with van der Waals surface area (Å²) in [7, 11) is 0. The topological polar surface area (TPSA) is 76.2 Å². The van der Waals surface area contributed by atoms with Crippen LogP contribution in [0.2, 0.25) is 5.22 Å². The lowest BCUT2D eigenvalue weighted by Gasteiger charge is -2.19. The lowest BCUT2D eigenvalue weighted by molar-refractivity contribution is -0.116. The van der Waals surface area contributed by atoms with Gasteiger partial charge in [-0.2, -0.15) is 0 Å². The Balaban J connectivity index is 1.74. The third kappa shape index (κ3) is 4.54. The minimum Gasteiger partial charge on any atom is -0.344 e. The summed E-state index contributed by atoms with van der Waals surface area (Å²) in [5, 5.41) is 7.03. The van der Waals surface area contributed by atoms with Crippen molar-refractivity contribution in [2.75, 3.05) is 25.0 Å². The lowest BCUT2D eigenvalue weighted by atomic mass is 10.1. The van der Waals surface area contributed by atoms with Crippen LogP contribution in [0.3, 0.4) is 0 Å². The molecule has 2 aromatic heterocycles. The Morgan fingerprint density at radius 2 is 2.04 bits per heavy atom. The van der Waals surface area contributed by atoms with Crippen molar-refractivity contribution in [1.29, 1.82) is 0 Å². The minimum absolute atomic E-state index is 0.115. The fraction of sp³-hybridized carbons (Fsp3) is 0.450. The van der Waals surface area contributed by atoms with Crippen molar-refractivity contribution in [3.63, 3.8) is 0 Å². The first-order chi connectivity index (χ1) is 13.5. The molecule has 0 aliphatic carbocycles. The van der Waals surface area contributed by atoms with Crippen LogP contribution in [0.1, 0.15) is 31.5 Å². The fourth-order valence-corrected chi connectivity index (χ4v) is 3.51. The average Bonchev–Trinajstić information content (AvgIpc) is 3.20. The third-order valence-electron chi connectivity index (χ3n) is 4.98. The molecule has 0 aliphatic rings. The van der Waals surface area contributed by atoms with E-state index in [1.54, 1.807) is 0 Å². The van der Waals surface area contributed by atoms with Gasteiger partial charge in [-0.25, -0.2) is 4.98 Å². The predicted octanol–water partition coefficient (Wildman–Crippen LogP) is 3.90. The Kier molecular flexibility index (Phi) is 6.70. The van der Waals surface area contributed by atoms with Crippen LogP contribution in [-0.4, -0.2) is 45.1 Å². The van der Waals surface area contributed by atoms with Crippen molar-refractivity contribution in [2.24, 2.45) is 0 Å². The summed E-state index contributed by atoms with van der Waals surface area (Å²) >= 11 is 5.98. The number of halogens is 1. The number of imidazole rings is 1. The maximum atomic E-state index is 12.5. The summed E-state index contributed by atoms with van der Waals surface area (Å²) in [5.74, 6) is 0.461. The highest BCUT2D eigenvalue weighted by Gasteiger charge is 2.16. The van der Waals surface area contributed by atoms with E-state index in [1.165, 1.54) is 0 Å². The maximum absolute atomic E-state index is 12.5. The summed E-state index contributed by atoms with van der Waals surface area (Å²) in [6, 6.07) is 7.92. The van der Waals surface area contributed by atoms with Crippen LogP contribution >= 0.6 is 11.6 Å². The maximum Gasteiger partial charge on any atom is 0.229 e. The molecule has 0 bridgehead atoms. The molecule has 8 heteroatoms. The number of aromatic nitrogens is 3. The molecule has 2 heterocycles. The second kappa shape index (κ2) is 9.21. The van der Waals surface area contributed by atoms with Gasteiger partial charge in [-0.05, 0) is 50.2 Å². The van der Waals surface area contributed by atoms with Gasteiger partial charge in [0.05, 0.1) is 16.7 Å². The second-order valence-corrected chi connectivity index (χ2v) is 7.01. The van der Waals surface area contributed by atoms with Crippen molar-refractivity contribution in [3.05, 3.63) is 40.7 Å². The zero-order chi connectivity index (χ0) is 20.1. The van der Waals surface area contributed by atoms with Gasteiger partial charge in [-0.3, -0.25) is 10.1 Å². The first-order valence-corrected chi connectivity index (χ1v) is 9.99.